The zero-order valence-corrected chi connectivity index (χ0v) is 12.4. The molecule has 0 aromatic rings. The van der Waals surface area contributed by atoms with Crippen LogP contribution in [0.5, 0.6) is 0 Å². The lowest BCUT2D eigenvalue weighted by atomic mass is 9.62. The van der Waals surface area contributed by atoms with Gasteiger partial charge in [-0.3, -0.25) is 0 Å². The number of nitrogens with zero attached hydrogens (tertiary/aromatic N) is 1. The summed E-state index contributed by atoms with van der Waals surface area (Å²) in [5.41, 5.74) is 0.796. The van der Waals surface area contributed by atoms with Crippen molar-refractivity contribution >= 4 is 0 Å². The average molecular weight is 225 g/mol. The van der Waals surface area contributed by atoms with Crippen LogP contribution in [0.3, 0.4) is 0 Å². The normalized spacial score (nSPS) is 24.4. The Morgan fingerprint density at radius 2 is 1.75 bits per heavy atom. The van der Waals surface area contributed by atoms with Gasteiger partial charge in [0.05, 0.1) is 0 Å². The first kappa shape index (κ1) is 14.0. The molecule has 1 saturated heterocycles. The Labute approximate surface area is 103 Å². The zero-order valence-electron chi connectivity index (χ0n) is 12.4. The fourth-order valence-corrected chi connectivity index (χ4v) is 2.71. The van der Waals surface area contributed by atoms with Crippen molar-refractivity contribution in [3.05, 3.63) is 0 Å². The first-order valence-electron chi connectivity index (χ1n) is 6.89. The van der Waals surface area contributed by atoms with E-state index in [9.17, 15) is 0 Å². The third-order valence-electron chi connectivity index (χ3n) is 5.31. The molecule has 0 amide bonds. The Morgan fingerprint density at radius 3 is 2.12 bits per heavy atom. The monoisotopic (exact) mass is 225 g/mol. The maximum absolute atomic E-state index is 2.66. The van der Waals surface area contributed by atoms with Crippen molar-refractivity contribution in [2.75, 3.05) is 19.6 Å². The van der Waals surface area contributed by atoms with Gasteiger partial charge in [-0.2, -0.15) is 0 Å². The summed E-state index contributed by atoms with van der Waals surface area (Å²) in [5.74, 6) is 1.64. The lowest BCUT2D eigenvalue weighted by molar-refractivity contribution is 0.0247. The van der Waals surface area contributed by atoms with Gasteiger partial charge in [-0.05, 0) is 35.6 Å². The molecule has 0 N–H and O–H groups in total. The van der Waals surface area contributed by atoms with Crippen LogP contribution in [0.1, 0.15) is 54.9 Å². The minimum absolute atomic E-state index is 0.394. The molecule has 1 nitrogen and oxygen atoms in total. The minimum Gasteiger partial charge on any atom is -0.303 e. The van der Waals surface area contributed by atoms with Gasteiger partial charge in [-0.15, -0.1) is 0 Å². The molecule has 1 heterocycles. The molecule has 0 radical (unpaired) electrons. The Morgan fingerprint density at radius 1 is 1.19 bits per heavy atom. The molecule has 1 fully saturated rings. The maximum atomic E-state index is 2.66. The highest BCUT2D eigenvalue weighted by Crippen LogP contribution is 2.45. The van der Waals surface area contributed by atoms with Crippen molar-refractivity contribution in [2.24, 2.45) is 22.7 Å². The number of hydrogen-bond acceptors (Lipinski definition) is 1. The molecule has 1 rings (SSSR count). The summed E-state index contributed by atoms with van der Waals surface area (Å²) in [6.45, 7) is 20.7. The molecule has 96 valence electrons. The van der Waals surface area contributed by atoms with Gasteiger partial charge >= 0.3 is 0 Å². The van der Waals surface area contributed by atoms with E-state index in [4.69, 9.17) is 0 Å². The quantitative estimate of drug-likeness (QED) is 0.698. The van der Waals surface area contributed by atoms with Gasteiger partial charge in [-0.25, -0.2) is 0 Å². The average Bonchev–Trinajstić information content (AvgIpc) is 2.49. The standard InChI is InChI=1S/C15H31N/c1-12(2)15(6,7)14(4,5)11-16-9-8-13(3)10-16/h12-13H,8-11H2,1-7H3/t13-/m0/s1. The molecule has 0 bridgehead atoms. The van der Waals surface area contributed by atoms with E-state index in [2.05, 4.69) is 53.4 Å². The molecule has 0 spiro atoms. The van der Waals surface area contributed by atoms with E-state index in [1.165, 1.54) is 26.1 Å². The highest BCUT2D eigenvalue weighted by Gasteiger charge is 2.40. The van der Waals surface area contributed by atoms with Crippen molar-refractivity contribution in [1.82, 2.24) is 4.90 Å². The van der Waals surface area contributed by atoms with E-state index in [1.807, 2.05) is 0 Å². The van der Waals surface area contributed by atoms with Gasteiger partial charge < -0.3 is 4.90 Å². The summed E-state index contributed by atoms with van der Waals surface area (Å²) in [7, 11) is 0. The second-order valence-electron chi connectivity index (χ2n) is 7.39. The smallest absolute Gasteiger partial charge is 0.00380 e. The van der Waals surface area contributed by atoms with Crippen LogP contribution in [0.2, 0.25) is 0 Å². The second-order valence-corrected chi connectivity index (χ2v) is 7.39. The van der Waals surface area contributed by atoms with Gasteiger partial charge in [0, 0.05) is 13.1 Å². The Hall–Kier alpha value is -0.0400. The molecule has 0 aromatic carbocycles. The Bertz CT molecular complexity index is 228. The van der Waals surface area contributed by atoms with E-state index in [1.54, 1.807) is 0 Å². The predicted molar refractivity (Wildman–Crippen MR) is 72.6 cm³/mol. The summed E-state index contributed by atoms with van der Waals surface area (Å²) in [5, 5.41) is 0. The van der Waals surface area contributed by atoms with Crippen molar-refractivity contribution in [3.63, 3.8) is 0 Å². The maximum Gasteiger partial charge on any atom is 0.00380 e. The van der Waals surface area contributed by atoms with Crippen LogP contribution in [0.25, 0.3) is 0 Å². The molecule has 0 aliphatic carbocycles. The third kappa shape index (κ3) is 2.80. The van der Waals surface area contributed by atoms with Gasteiger partial charge in [0.2, 0.25) is 0 Å². The van der Waals surface area contributed by atoms with E-state index >= 15 is 0 Å². The first-order valence-corrected chi connectivity index (χ1v) is 6.89. The van der Waals surface area contributed by atoms with Crippen LogP contribution < -0.4 is 0 Å². The Balaban J connectivity index is 2.64. The van der Waals surface area contributed by atoms with E-state index in [0.29, 0.717) is 10.8 Å². The predicted octanol–water partition coefficient (Wildman–Crippen LogP) is 4.04. The highest BCUT2D eigenvalue weighted by molar-refractivity contribution is 4.91. The van der Waals surface area contributed by atoms with Gasteiger partial charge in [0.25, 0.3) is 0 Å². The number of rotatable bonds is 4. The number of hydrogen-bond donors (Lipinski definition) is 0. The SMILES string of the molecule is CC(C)C(C)(C)C(C)(C)CN1CC[C@H](C)C1. The molecular formula is C15H31N. The first-order chi connectivity index (χ1) is 7.17. The Kier molecular flexibility index (Phi) is 4.10. The molecule has 0 saturated carbocycles. The fourth-order valence-electron chi connectivity index (χ4n) is 2.71. The summed E-state index contributed by atoms with van der Waals surface area (Å²) < 4.78 is 0. The molecule has 0 aromatic heterocycles. The van der Waals surface area contributed by atoms with Crippen molar-refractivity contribution in [3.8, 4) is 0 Å². The van der Waals surface area contributed by atoms with E-state index < -0.39 is 0 Å². The molecule has 1 heteroatoms. The van der Waals surface area contributed by atoms with Crippen LogP contribution in [-0.2, 0) is 0 Å². The molecule has 16 heavy (non-hydrogen) atoms. The molecule has 1 aliphatic rings. The molecule has 1 atom stereocenters. The van der Waals surface area contributed by atoms with E-state index in [-0.39, 0.29) is 0 Å². The summed E-state index contributed by atoms with van der Waals surface area (Å²) in [6, 6.07) is 0. The number of likely N-dealkylation sites (tertiary alicyclic amines) is 1. The van der Waals surface area contributed by atoms with Crippen LogP contribution >= 0.6 is 0 Å². The molecular weight excluding hydrogens is 194 g/mol. The van der Waals surface area contributed by atoms with Gasteiger partial charge in [0.1, 0.15) is 0 Å². The van der Waals surface area contributed by atoms with Crippen LogP contribution in [-0.4, -0.2) is 24.5 Å². The molecule has 1 aliphatic heterocycles. The largest absolute Gasteiger partial charge is 0.303 e. The van der Waals surface area contributed by atoms with Crippen molar-refractivity contribution < 1.29 is 0 Å². The fraction of sp³-hybridized carbons (Fsp3) is 1.00. The van der Waals surface area contributed by atoms with Gasteiger partial charge in [0.15, 0.2) is 0 Å². The highest BCUT2D eigenvalue weighted by atomic mass is 15.2. The minimum atomic E-state index is 0.394. The summed E-state index contributed by atoms with van der Waals surface area (Å²) >= 11 is 0. The summed E-state index contributed by atoms with van der Waals surface area (Å²) in [4.78, 5) is 2.66. The van der Waals surface area contributed by atoms with Crippen molar-refractivity contribution in [1.29, 1.82) is 0 Å². The second kappa shape index (κ2) is 4.68. The van der Waals surface area contributed by atoms with Crippen molar-refractivity contribution in [2.45, 2.75) is 54.9 Å². The van der Waals surface area contributed by atoms with Crippen LogP contribution in [0.4, 0.5) is 0 Å². The lowest BCUT2D eigenvalue weighted by Crippen LogP contribution is -2.45. The van der Waals surface area contributed by atoms with Gasteiger partial charge in [-0.1, -0.05) is 48.5 Å². The lowest BCUT2D eigenvalue weighted by Gasteiger charge is -2.47. The molecule has 0 unspecified atom stereocenters. The van der Waals surface area contributed by atoms with E-state index in [0.717, 1.165) is 11.8 Å². The summed E-state index contributed by atoms with van der Waals surface area (Å²) in [6.07, 6.45) is 1.39. The van der Waals surface area contributed by atoms with Crippen LogP contribution in [0.15, 0.2) is 0 Å². The third-order valence-corrected chi connectivity index (χ3v) is 5.31. The topological polar surface area (TPSA) is 3.24 Å². The zero-order chi connectivity index (χ0) is 12.6. The van der Waals surface area contributed by atoms with Crippen LogP contribution in [0, 0.1) is 22.7 Å².